The molecule has 2 aliphatic rings. The fourth-order valence-corrected chi connectivity index (χ4v) is 3.93. The molecule has 1 N–H and O–H groups in total. The summed E-state index contributed by atoms with van der Waals surface area (Å²) in [5, 5.41) is 6.96. The van der Waals surface area contributed by atoms with Gasteiger partial charge in [0.25, 0.3) is 5.91 Å². The van der Waals surface area contributed by atoms with E-state index >= 15 is 0 Å². The van der Waals surface area contributed by atoms with Crippen LogP contribution in [0.15, 0.2) is 36.7 Å². The Morgan fingerprint density at radius 2 is 2.00 bits per heavy atom. The van der Waals surface area contributed by atoms with Crippen LogP contribution in [0.4, 0.5) is 0 Å². The van der Waals surface area contributed by atoms with E-state index in [9.17, 15) is 14.4 Å². The Balaban J connectivity index is 1.50. The number of benzene rings is 1. The normalized spacial score (nSPS) is 19.2. The van der Waals surface area contributed by atoms with Gasteiger partial charge in [-0.15, -0.1) is 0 Å². The lowest BCUT2D eigenvalue weighted by molar-refractivity contribution is -0.136. The molecule has 2 aliphatic heterocycles. The van der Waals surface area contributed by atoms with Crippen LogP contribution in [0.3, 0.4) is 0 Å². The highest BCUT2D eigenvalue weighted by Crippen LogP contribution is 2.32. The summed E-state index contributed by atoms with van der Waals surface area (Å²) >= 11 is 6.01. The van der Waals surface area contributed by atoms with Gasteiger partial charge in [0, 0.05) is 30.3 Å². The highest BCUT2D eigenvalue weighted by molar-refractivity contribution is 6.29. The predicted molar refractivity (Wildman–Crippen MR) is 99.5 cm³/mol. The van der Waals surface area contributed by atoms with Crippen molar-refractivity contribution in [2.75, 3.05) is 0 Å². The minimum Gasteiger partial charge on any atom is -0.322 e. The molecule has 4 heterocycles. The van der Waals surface area contributed by atoms with Crippen LogP contribution < -0.4 is 5.32 Å². The molecule has 3 amide bonds. The van der Waals surface area contributed by atoms with Gasteiger partial charge in [0.15, 0.2) is 5.65 Å². The van der Waals surface area contributed by atoms with Crippen molar-refractivity contribution in [2.24, 2.45) is 0 Å². The van der Waals surface area contributed by atoms with Gasteiger partial charge in [0.1, 0.15) is 11.2 Å². The van der Waals surface area contributed by atoms with E-state index in [4.69, 9.17) is 11.6 Å². The molecule has 5 rings (SSSR count). The van der Waals surface area contributed by atoms with Crippen molar-refractivity contribution in [1.82, 2.24) is 24.8 Å². The number of imide groups is 1. The van der Waals surface area contributed by atoms with Gasteiger partial charge in [0.05, 0.1) is 6.20 Å². The summed E-state index contributed by atoms with van der Waals surface area (Å²) < 4.78 is 1.63. The van der Waals surface area contributed by atoms with Crippen LogP contribution in [0.2, 0.25) is 5.15 Å². The van der Waals surface area contributed by atoms with Gasteiger partial charge in [-0.2, -0.15) is 5.10 Å². The van der Waals surface area contributed by atoms with Crippen LogP contribution in [0.25, 0.3) is 16.8 Å². The molecule has 0 saturated carbocycles. The number of piperidine rings is 1. The van der Waals surface area contributed by atoms with E-state index in [2.05, 4.69) is 15.4 Å². The Bertz CT molecular complexity index is 1170. The zero-order chi connectivity index (χ0) is 19.4. The smallest absolute Gasteiger partial charge is 0.255 e. The van der Waals surface area contributed by atoms with E-state index in [1.165, 1.54) is 4.90 Å². The lowest BCUT2D eigenvalue weighted by Gasteiger charge is -2.29. The molecule has 140 valence electrons. The number of nitrogens with one attached hydrogen (secondary N) is 1. The zero-order valence-electron chi connectivity index (χ0n) is 14.6. The summed E-state index contributed by atoms with van der Waals surface area (Å²) in [6.45, 7) is 0.321. The third-order valence-electron chi connectivity index (χ3n) is 5.17. The molecule has 0 radical (unpaired) electrons. The molecule has 0 spiro atoms. The van der Waals surface area contributed by atoms with E-state index in [0.717, 1.165) is 16.7 Å². The summed E-state index contributed by atoms with van der Waals surface area (Å²) in [5.74, 6) is -0.914. The number of aromatic nitrogens is 3. The van der Waals surface area contributed by atoms with Crippen LogP contribution in [0.1, 0.15) is 28.8 Å². The number of fused-ring (bicyclic) bond motifs is 2. The molecule has 2 aromatic heterocycles. The molecule has 9 heteroatoms. The number of hydrogen-bond acceptors (Lipinski definition) is 5. The summed E-state index contributed by atoms with van der Waals surface area (Å²) in [6.07, 6.45) is 4.01. The molecule has 1 saturated heterocycles. The highest BCUT2D eigenvalue weighted by atomic mass is 35.5. The second-order valence-electron chi connectivity index (χ2n) is 6.85. The molecule has 3 aromatic rings. The van der Waals surface area contributed by atoms with Gasteiger partial charge in [-0.25, -0.2) is 9.50 Å². The Morgan fingerprint density at radius 3 is 2.82 bits per heavy atom. The van der Waals surface area contributed by atoms with Crippen molar-refractivity contribution in [3.63, 3.8) is 0 Å². The minimum atomic E-state index is -0.626. The largest absolute Gasteiger partial charge is 0.322 e. The highest BCUT2D eigenvalue weighted by Gasteiger charge is 2.39. The van der Waals surface area contributed by atoms with Gasteiger partial charge in [-0.1, -0.05) is 17.7 Å². The van der Waals surface area contributed by atoms with Crippen molar-refractivity contribution in [3.05, 3.63) is 52.9 Å². The Labute approximate surface area is 164 Å². The van der Waals surface area contributed by atoms with Crippen LogP contribution >= 0.6 is 11.6 Å². The molecule has 8 nitrogen and oxygen atoms in total. The van der Waals surface area contributed by atoms with Crippen molar-refractivity contribution < 1.29 is 14.4 Å². The predicted octanol–water partition coefficient (Wildman–Crippen LogP) is 1.81. The number of hydrogen-bond donors (Lipinski definition) is 1. The minimum absolute atomic E-state index is 0.197. The van der Waals surface area contributed by atoms with Crippen LogP contribution in [0.5, 0.6) is 0 Å². The first-order valence-electron chi connectivity index (χ1n) is 8.79. The van der Waals surface area contributed by atoms with Gasteiger partial charge in [0.2, 0.25) is 11.8 Å². The van der Waals surface area contributed by atoms with E-state index in [1.807, 2.05) is 12.1 Å². The molecule has 1 aromatic carbocycles. The SMILES string of the molecule is O=C1CC[C@H](N2Cc3cc(-c4cnn5ccc(Cl)nc45)ccc3C2=O)C(=O)N1. The van der Waals surface area contributed by atoms with Crippen LogP contribution in [-0.4, -0.2) is 43.3 Å². The first-order chi connectivity index (χ1) is 13.5. The van der Waals surface area contributed by atoms with Crippen molar-refractivity contribution in [1.29, 1.82) is 0 Å². The third kappa shape index (κ3) is 2.56. The summed E-state index contributed by atoms with van der Waals surface area (Å²) in [5.41, 5.74) is 3.68. The molecule has 0 aliphatic carbocycles. The maximum Gasteiger partial charge on any atom is 0.255 e. The lowest BCUT2D eigenvalue weighted by Crippen LogP contribution is -2.52. The lowest BCUT2D eigenvalue weighted by atomic mass is 10.0. The number of carbonyl (C=O) groups excluding carboxylic acids is 3. The third-order valence-corrected chi connectivity index (χ3v) is 5.38. The Morgan fingerprint density at radius 1 is 1.14 bits per heavy atom. The fraction of sp³-hybridized carbons (Fsp3) is 0.211. The first-order valence-corrected chi connectivity index (χ1v) is 9.17. The van der Waals surface area contributed by atoms with E-state index < -0.39 is 11.9 Å². The van der Waals surface area contributed by atoms with Crippen molar-refractivity contribution in [3.8, 4) is 11.1 Å². The maximum atomic E-state index is 12.8. The maximum absolute atomic E-state index is 12.8. The van der Waals surface area contributed by atoms with Gasteiger partial charge in [-0.3, -0.25) is 19.7 Å². The number of halogens is 1. The standard InChI is InChI=1S/C19H14ClN5O3/c20-15-5-6-25-17(22-15)13(8-21-25)10-1-2-12-11(7-10)9-24(19(12)28)14-3-4-16(26)23-18(14)27/h1-2,5-8,14H,3-4,9H2,(H,23,26,27)/t14-/m0/s1. The van der Waals surface area contributed by atoms with Crippen molar-refractivity contribution in [2.45, 2.75) is 25.4 Å². The molecular formula is C19H14ClN5O3. The summed E-state index contributed by atoms with van der Waals surface area (Å²) in [6, 6.07) is 6.54. The molecule has 0 bridgehead atoms. The molecule has 0 unspecified atom stereocenters. The summed E-state index contributed by atoms with van der Waals surface area (Å²) in [4.78, 5) is 42.2. The van der Waals surface area contributed by atoms with E-state index in [0.29, 0.717) is 29.3 Å². The van der Waals surface area contributed by atoms with E-state index in [1.54, 1.807) is 29.0 Å². The average molecular weight is 396 g/mol. The van der Waals surface area contributed by atoms with Crippen LogP contribution in [-0.2, 0) is 16.1 Å². The molecule has 1 atom stereocenters. The number of amides is 3. The van der Waals surface area contributed by atoms with Crippen molar-refractivity contribution >= 4 is 35.0 Å². The molecular weight excluding hydrogens is 382 g/mol. The second kappa shape index (κ2) is 6.13. The van der Waals surface area contributed by atoms with Gasteiger partial charge < -0.3 is 4.90 Å². The molecule has 1 fully saturated rings. The van der Waals surface area contributed by atoms with E-state index in [-0.39, 0.29) is 18.2 Å². The fourth-order valence-electron chi connectivity index (χ4n) is 3.79. The number of nitrogens with zero attached hydrogens (tertiary/aromatic N) is 4. The molecule has 28 heavy (non-hydrogen) atoms. The summed E-state index contributed by atoms with van der Waals surface area (Å²) in [7, 11) is 0. The Hall–Kier alpha value is -3.26. The van der Waals surface area contributed by atoms with Gasteiger partial charge >= 0.3 is 0 Å². The van der Waals surface area contributed by atoms with Crippen LogP contribution in [0, 0.1) is 0 Å². The number of carbonyl (C=O) groups is 3. The number of rotatable bonds is 2. The monoisotopic (exact) mass is 395 g/mol. The zero-order valence-corrected chi connectivity index (χ0v) is 15.3. The topological polar surface area (TPSA) is 96.7 Å². The second-order valence-corrected chi connectivity index (χ2v) is 7.24. The Kier molecular flexibility index (Phi) is 3.70. The van der Waals surface area contributed by atoms with Gasteiger partial charge in [-0.05, 0) is 35.7 Å². The quantitative estimate of drug-likeness (QED) is 0.527. The first kappa shape index (κ1) is 16.9. The average Bonchev–Trinajstić information content (AvgIpc) is 3.22.